The summed E-state index contributed by atoms with van der Waals surface area (Å²) in [5.41, 5.74) is 3.36. The van der Waals surface area contributed by atoms with Crippen LogP contribution in [0.4, 0.5) is 0 Å². The first kappa shape index (κ1) is 17.9. The van der Waals surface area contributed by atoms with E-state index in [1.165, 1.54) is 10.3 Å². The maximum atomic E-state index is 12.5. The number of piperazine rings is 1. The number of fused-ring (bicyclic) bond motifs is 1. The number of thiazole rings is 1. The van der Waals surface area contributed by atoms with Crippen molar-refractivity contribution < 1.29 is 4.79 Å². The monoisotopic (exact) mass is 377 g/mol. The summed E-state index contributed by atoms with van der Waals surface area (Å²) in [5, 5.41) is 1.15. The first-order valence-corrected chi connectivity index (χ1v) is 10.1. The first-order valence-electron chi connectivity index (χ1n) is 9.28. The van der Waals surface area contributed by atoms with Gasteiger partial charge in [-0.1, -0.05) is 36.4 Å². The van der Waals surface area contributed by atoms with Crippen LogP contribution in [0.2, 0.25) is 0 Å². The van der Waals surface area contributed by atoms with Crippen LogP contribution in [-0.2, 0) is 11.3 Å². The molecular weight excluding hydrogens is 354 g/mol. The Morgan fingerprint density at radius 2 is 1.81 bits per heavy atom. The van der Waals surface area contributed by atoms with Gasteiger partial charge in [-0.25, -0.2) is 4.98 Å². The Balaban J connectivity index is 1.31. The molecule has 0 spiro atoms. The fourth-order valence-electron chi connectivity index (χ4n) is 3.35. The zero-order valence-electron chi connectivity index (χ0n) is 15.5. The van der Waals surface area contributed by atoms with Gasteiger partial charge in [0.2, 0.25) is 5.91 Å². The third kappa shape index (κ3) is 4.26. The molecule has 0 atom stereocenters. The van der Waals surface area contributed by atoms with E-state index in [0.29, 0.717) is 0 Å². The van der Waals surface area contributed by atoms with Gasteiger partial charge < -0.3 is 4.90 Å². The van der Waals surface area contributed by atoms with E-state index in [2.05, 4.69) is 36.1 Å². The van der Waals surface area contributed by atoms with E-state index in [9.17, 15) is 4.79 Å². The Morgan fingerprint density at radius 1 is 1.07 bits per heavy atom. The van der Waals surface area contributed by atoms with Crippen LogP contribution in [0.5, 0.6) is 0 Å². The molecule has 1 saturated heterocycles. The molecular formula is C22H23N3OS. The number of para-hydroxylation sites is 1. The Bertz CT molecular complexity index is 937. The van der Waals surface area contributed by atoms with Crippen molar-refractivity contribution in [1.29, 1.82) is 0 Å². The lowest BCUT2D eigenvalue weighted by molar-refractivity contribution is -0.127. The summed E-state index contributed by atoms with van der Waals surface area (Å²) in [7, 11) is 0. The van der Waals surface area contributed by atoms with Crippen LogP contribution in [0.1, 0.15) is 16.1 Å². The van der Waals surface area contributed by atoms with Crippen LogP contribution < -0.4 is 0 Å². The standard InChI is InChI=1S/C22H23N3OS/c1-17-6-2-3-7-18(17)10-11-22(26)25-14-12-24(13-15-25)16-21-23-19-8-4-5-9-20(19)27-21/h2-11H,12-16H2,1H3/b11-10+. The maximum absolute atomic E-state index is 12.5. The molecule has 1 aliphatic rings. The highest BCUT2D eigenvalue weighted by Gasteiger charge is 2.20. The van der Waals surface area contributed by atoms with Gasteiger partial charge in [0, 0.05) is 32.3 Å². The topological polar surface area (TPSA) is 36.4 Å². The predicted molar refractivity (Wildman–Crippen MR) is 112 cm³/mol. The molecule has 3 aromatic rings. The second-order valence-electron chi connectivity index (χ2n) is 6.87. The lowest BCUT2D eigenvalue weighted by atomic mass is 10.1. The molecule has 5 heteroatoms. The molecule has 2 heterocycles. The van der Waals surface area contributed by atoms with Gasteiger partial charge >= 0.3 is 0 Å². The molecule has 0 aliphatic carbocycles. The fraction of sp³-hybridized carbons (Fsp3) is 0.273. The third-order valence-corrected chi connectivity index (χ3v) is 6.00. The minimum absolute atomic E-state index is 0.0953. The number of rotatable bonds is 4. The average Bonchev–Trinajstić information content (AvgIpc) is 3.10. The van der Waals surface area contributed by atoms with Gasteiger partial charge in [0.1, 0.15) is 5.01 Å². The summed E-state index contributed by atoms with van der Waals surface area (Å²) in [6.45, 7) is 6.23. The van der Waals surface area contributed by atoms with Crippen molar-refractivity contribution in [3.63, 3.8) is 0 Å². The van der Waals surface area contributed by atoms with Crippen molar-refractivity contribution in [3.8, 4) is 0 Å². The van der Waals surface area contributed by atoms with Crippen molar-refractivity contribution in [1.82, 2.24) is 14.8 Å². The van der Waals surface area contributed by atoms with Crippen LogP contribution in [0.15, 0.2) is 54.6 Å². The molecule has 4 rings (SSSR count). The van der Waals surface area contributed by atoms with Gasteiger partial charge in [-0.2, -0.15) is 0 Å². The van der Waals surface area contributed by atoms with Gasteiger partial charge in [-0.05, 0) is 36.3 Å². The number of aryl methyl sites for hydroxylation is 1. The molecule has 138 valence electrons. The van der Waals surface area contributed by atoms with Gasteiger partial charge in [0.05, 0.1) is 16.8 Å². The Kier molecular flexibility index (Phi) is 5.32. The molecule has 0 unspecified atom stereocenters. The van der Waals surface area contributed by atoms with E-state index in [1.807, 2.05) is 35.2 Å². The lowest BCUT2D eigenvalue weighted by Gasteiger charge is -2.33. The largest absolute Gasteiger partial charge is 0.337 e. The second kappa shape index (κ2) is 8.03. The summed E-state index contributed by atoms with van der Waals surface area (Å²) >= 11 is 1.76. The van der Waals surface area contributed by atoms with Crippen molar-refractivity contribution in [2.75, 3.05) is 26.2 Å². The molecule has 0 radical (unpaired) electrons. The average molecular weight is 378 g/mol. The zero-order valence-corrected chi connectivity index (χ0v) is 16.3. The van der Waals surface area contributed by atoms with E-state index < -0.39 is 0 Å². The van der Waals surface area contributed by atoms with E-state index >= 15 is 0 Å². The van der Waals surface area contributed by atoms with Crippen LogP contribution in [0.3, 0.4) is 0 Å². The minimum Gasteiger partial charge on any atom is -0.337 e. The van der Waals surface area contributed by atoms with Crippen LogP contribution in [0.25, 0.3) is 16.3 Å². The molecule has 0 N–H and O–H groups in total. The number of aromatic nitrogens is 1. The van der Waals surface area contributed by atoms with E-state index in [4.69, 9.17) is 4.98 Å². The highest BCUT2D eigenvalue weighted by molar-refractivity contribution is 7.18. The smallest absolute Gasteiger partial charge is 0.246 e. The molecule has 0 saturated carbocycles. The molecule has 27 heavy (non-hydrogen) atoms. The van der Waals surface area contributed by atoms with E-state index in [1.54, 1.807) is 17.4 Å². The van der Waals surface area contributed by atoms with E-state index in [-0.39, 0.29) is 5.91 Å². The number of hydrogen-bond donors (Lipinski definition) is 0. The third-order valence-electron chi connectivity index (χ3n) is 4.97. The molecule has 1 aromatic heterocycles. The molecule has 1 aliphatic heterocycles. The molecule has 4 nitrogen and oxygen atoms in total. The molecule has 0 bridgehead atoms. The Hall–Kier alpha value is -2.50. The number of benzene rings is 2. The summed E-state index contributed by atoms with van der Waals surface area (Å²) in [6, 6.07) is 16.4. The van der Waals surface area contributed by atoms with E-state index in [0.717, 1.165) is 48.8 Å². The number of amides is 1. The first-order chi connectivity index (χ1) is 13.2. The lowest BCUT2D eigenvalue weighted by Crippen LogP contribution is -2.47. The summed E-state index contributed by atoms with van der Waals surface area (Å²) in [4.78, 5) is 21.5. The second-order valence-corrected chi connectivity index (χ2v) is 7.98. The van der Waals surface area contributed by atoms with Gasteiger partial charge in [-0.15, -0.1) is 11.3 Å². The van der Waals surface area contributed by atoms with Crippen LogP contribution in [-0.4, -0.2) is 46.9 Å². The SMILES string of the molecule is Cc1ccccc1/C=C/C(=O)N1CCN(Cc2nc3ccccc3s2)CC1. The van der Waals surface area contributed by atoms with Gasteiger partial charge in [0.25, 0.3) is 0 Å². The summed E-state index contributed by atoms with van der Waals surface area (Å²) in [5.74, 6) is 0.0953. The van der Waals surface area contributed by atoms with Crippen LogP contribution >= 0.6 is 11.3 Å². The Morgan fingerprint density at radius 3 is 2.59 bits per heavy atom. The van der Waals surface area contributed by atoms with Crippen molar-refractivity contribution in [2.45, 2.75) is 13.5 Å². The summed E-state index contributed by atoms with van der Waals surface area (Å²) < 4.78 is 1.24. The predicted octanol–water partition coefficient (Wildman–Crippen LogP) is 3.96. The Labute approximate surface area is 163 Å². The normalized spacial score (nSPS) is 15.7. The number of carbonyl (C=O) groups is 1. The van der Waals surface area contributed by atoms with Crippen molar-refractivity contribution >= 4 is 33.5 Å². The quantitative estimate of drug-likeness (QED) is 0.646. The van der Waals surface area contributed by atoms with Crippen molar-refractivity contribution in [3.05, 3.63) is 70.7 Å². The minimum atomic E-state index is 0.0953. The molecule has 2 aromatic carbocycles. The maximum Gasteiger partial charge on any atom is 0.246 e. The molecule has 1 amide bonds. The fourth-order valence-corrected chi connectivity index (χ4v) is 4.36. The number of nitrogens with zero attached hydrogens (tertiary/aromatic N) is 3. The number of carbonyl (C=O) groups excluding carboxylic acids is 1. The van der Waals surface area contributed by atoms with Crippen LogP contribution in [0, 0.1) is 6.92 Å². The van der Waals surface area contributed by atoms with Crippen molar-refractivity contribution in [2.24, 2.45) is 0 Å². The summed E-state index contributed by atoms with van der Waals surface area (Å²) in [6.07, 6.45) is 3.62. The number of hydrogen-bond acceptors (Lipinski definition) is 4. The zero-order chi connectivity index (χ0) is 18.6. The highest BCUT2D eigenvalue weighted by Crippen LogP contribution is 2.23. The van der Waals surface area contributed by atoms with Gasteiger partial charge in [-0.3, -0.25) is 9.69 Å². The highest BCUT2D eigenvalue weighted by atomic mass is 32.1. The molecule has 1 fully saturated rings. The van der Waals surface area contributed by atoms with Gasteiger partial charge in [0.15, 0.2) is 0 Å².